The van der Waals surface area contributed by atoms with Gasteiger partial charge in [-0.2, -0.15) is 0 Å². The van der Waals surface area contributed by atoms with E-state index >= 15 is 0 Å². The van der Waals surface area contributed by atoms with E-state index in [4.69, 9.17) is 11.6 Å². The molecule has 0 spiro atoms. The van der Waals surface area contributed by atoms with E-state index in [1.807, 2.05) is 24.3 Å². The fraction of sp³-hybridized carbons (Fsp3) is 0.238. The summed E-state index contributed by atoms with van der Waals surface area (Å²) in [6.45, 7) is 5.96. The number of amides is 3. The summed E-state index contributed by atoms with van der Waals surface area (Å²) in [5.74, 6) is 0.116. The van der Waals surface area contributed by atoms with Crippen molar-refractivity contribution in [2.24, 2.45) is 0 Å². The van der Waals surface area contributed by atoms with Gasteiger partial charge < -0.3 is 16.0 Å². The Hall–Kier alpha value is -2.79. The van der Waals surface area contributed by atoms with Gasteiger partial charge in [-0.05, 0) is 42.2 Å². The maximum atomic E-state index is 13.0. The van der Waals surface area contributed by atoms with E-state index in [9.17, 15) is 9.59 Å². The van der Waals surface area contributed by atoms with E-state index in [-0.39, 0.29) is 11.9 Å². The van der Waals surface area contributed by atoms with Crippen molar-refractivity contribution in [1.82, 2.24) is 10.6 Å². The molecule has 0 fully saturated rings. The summed E-state index contributed by atoms with van der Waals surface area (Å²) >= 11 is 5.99. The summed E-state index contributed by atoms with van der Waals surface area (Å²) in [5.41, 5.74) is 3.64. The molecule has 1 heterocycles. The van der Waals surface area contributed by atoms with E-state index in [2.05, 4.69) is 29.8 Å². The largest absolute Gasteiger partial charge is 0.327 e. The van der Waals surface area contributed by atoms with Crippen LogP contribution in [-0.2, 0) is 4.79 Å². The molecule has 2 aromatic carbocycles. The molecule has 1 atom stereocenters. The second-order valence-electron chi connectivity index (χ2n) is 6.86. The molecule has 0 aromatic heterocycles. The van der Waals surface area contributed by atoms with Crippen molar-refractivity contribution in [3.63, 3.8) is 0 Å². The van der Waals surface area contributed by atoms with Crippen molar-refractivity contribution in [1.29, 1.82) is 0 Å². The summed E-state index contributed by atoms with van der Waals surface area (Å²) in [5, 5.41) is 8.92. The normalized spacial score (nSPS) is 16.8. The molecule has 27 heavy (non-hydrogen) atoms. The van der Waals surface area contributed by atoms with Crippen LogP contribution < -0.4 is 16.0 Å². The molecule has 0 radical (unpaired) electrons. The van der Waals surface area contributed by atoms with Gasteiger partial charge in [-0.25, -0.2) is 4.79 Å². The predicted octanol–water partition coefficient (Wildman–Crippen LogP) is 4.73. The molecule has 6 heteroatoms. The number of benzene rings is 2. The summed E-state index contributed by atoms with van der Waals surface area (Å²) in [7, 11) is 0. The Morgan fingerprint density at radius 1 is 1.15 bits per heavy atom. The standard InChI is InChI=1S/C21H22ClN3O2/c1-12(2)14-7-9-15(10-8-14)19-18(13(3)23-21(27)25-19)20(26)24-17-6-4-5-16(22)11-17/h4-12,19H,1-3H3,(H,24,26)(H2,23,25,27)/t19-/m0/s1. The Balaban J connectivity index is 1.92. The van der Waals surface area contributed by atoms with Crippen molar-refractivity contribution in [2.75, 3.05) is 5.32 Å². The number of hydrogen-bond acceptors (Lipinski definition) is 2. The summed E-state index contributed by atoms with van der Waals surface area (Å²) in [6, 6.07) is 14.0. The zero-order valence-corrected chi connectivity index (χ0v) is 16.2. The number of urea groups is 1. The Morgan fingerprint density at radius 3 is 2.48 bits per heavy atom. The molecule has 3 rings (SSSR count). The van der Waals surface area contributed by atoms with Gasteiger partial charge in [0.05, 0.1) is 11.6 Å². The second kappa shape index (κ2) is 7.84. The maximum absolute atomic E-state index is 13.0. The van der Waals surface area contributed by atoms with Crippen LogP contribution in [0.3, 0.4) is 0 Å². The minimum Gasteiger partial charge on any atom is -0.327 e. The lowest BCUT2D eigenvalue weighted by molar-refractivity contribution is -0.113. The lowest BCUT2D eigenvalue weighted by Gasteiger charge is -2.29. The van der Waals surface area contributed by atoms with E-state index in [1.54, 1.807) is 31.2 Å². The van der Waals surface area contributed by atoms with Gasteiger partial charge in [0.15, 0.2) is 0 Å². The Morgan fingerprint density at radius 2 is 1.85 bits per heavy atom. The number of rotatable bonds is 4. The third-order valence-electron chi connectivity index (χ3n) is 4.53. The highest BCUT2D eigenvalue weighted by molar-refractivity contribution is 6.31. The average Bonchev–Trinajstić information content (AvgIpc) is 2.61. The molecule has 0 bridgehead atoms. The van der Waals surface area contributed by atoms with Crippen LogP contribution in [0, 0.1) is 0 Å². The number of halogens is 1. The zero-order chi connectivity index (χ0) is 19.6. The molecular weight excluding hydrogens is 362 g/mol. The van der Waals surface area contributed by atoms with Gasteiger partial charge in [0.2, 0.25) is 0 Å². The number of carbonyl (C=O) groups is 2. The second-order valence-corrected chi connectivity index (χ2v) is 7.29. The van der Waals surface area contributed by atoms with Crippen LogP contribution >= 0.6 is 11.6 Å². The number of nitrogens with one attached hydrogen (secondary N) is 3. The summed E-state index contributed by atoms with van der Waals surface area (Å²) in [4.78, 5) is 24.9. The molecule has 0 aliphatic carbocycles. The van der Waals surface area contributed by atoms with Crippen LogP contribution in [0.4, 0.5) is 10.5 Å². The fourth-order valence-corrected chi connectivity index (χ4v) is 3.27. The minimum absolute atomic E-state index is 0.291. The van der Waals surface area contributed by atoms with Crippen LogP contribution in [0.25, 0.3) is 0 Å². The lowest BCUT2D eigenvalue weighted by Crippen LogP contribution is -2.45. The number of anilines is 1. The van der Waals surface area contributed by atoms with Crippen LogP contribution in [0.15, 0.2) is 59.8 Å². The highest BCUT2D eigenvalue weighted by Gasteiger charge is 2.31. The van der Waals surface area contributed by atoms with Gasteiger partial charge in [0, 0.05) is 16.4 Å². The van der Waals surface area contributed by atoms with Crippen molar-refractivity contribution in [2.45, 2.75) is 32.7 Å². The number of allylic oxidation sites excluding steroid dienone is 1. The van der Waals surface area contributed by atoms with Crippen molar-refractivity contribution >= 4 is 29.2 Å². The van der Waals surface area contributed by atoms with Crippen LogP contribution in [0.2, 0.25) is 5.02 Å². The maximum Gasteiger partial charge on any atom is 0.319 e. The summed E-state index contributed by atoms with van der Waals surface area (Å²) in [6.07, 6.45) is 0. The van der Waals surface area contributed by atoms with Crippen LogP contribution in [0.5, 0.6) is 0 Å². The quantitative estimate of drug-likeness (QED) is 0.714. The Bertz CT molecular complexity index is 904. The Kier molecular flexibility index (Phi) is 5.51. The molecule has 0 saturated heterocycles. The van der Waals surface area contributed by atoms with Crippen molar-refractivity contribution < 1.29 is 9.59 Å². The van der Waals surface area contributed by atoms with Crippen LogP contribution in [0.1, 0.15) is 43.9 Å². The third-order valence-corrected chi connectivity index (χ3v) is 4.77. The fourth-order valence-electron chi connectivity index (χ4n) is 3.08. The molecule has 0 unspecified atom stereocenters. The third kappa shape index (κ3) is 4.31. The highest BCUT2D eigenvalue weighted by atomic mass is 35.5. The highest BCUT2D eigenvalue weighted by Crippen LogP contribution is 2.29. The molecule has 5 nitrogen and oxygen atoms in total. The summed E-state index contributed by atoms with van der Waals surface area (Å²) < 4.78 is 0. The molecule has 1 aliphatic rings. The monoisotopic (exact) mass is 383 g/mol. The minimum atomic E-state index is -0.529. The first kappa shape index (κ1) is 19.0. The van der Waals surface area contributed by atoms with Gasteiger partial charge in [-0.3, -0.25) is 4.79 Å². The zero-order valence-electron chi connectivity index (χ0n) is 15.5. The first-order valence-electron chi connectivity index (χ1n) is 8.80. The van der Waals surface area contributed by atoms with Gasteiger partial charge in [-0.15, -0.1) is 0 Å². The van der Waals surface area contributed by atoms with Crippen LogP contribution in [-0.4, -0.2) is 11.9 Å². The molecule has 3 N–H and O–H groups in total. The molecule has 3 amide bonds. The van der Waals surface area contributed by atoms with Gasteiger partial charge in [0.25, 0.3) is 5.91 Å². The van der Waals surface area contributed by atoms with Gasteiger partial charge in [-0.1, -0.05) is 55.8 Å². The van der Waals surface area contributed by atoms with Gasteiger partial charge in [0.1, 0.15) is 0 Å². The van der Waals surface area contributed by atoms with Crippen molar-refractivity contribution in [3.8, 4) is 0 Å². The molecule has 140 valence electrons. The van der Waals surface area contributed by atoms with Crippen molar-refractivity contribution in [3.05, 3.63) is 76.0 Å². The molecular formula is C21H22ClN3O2. The number of carbonyl (C=O) groups excluding carboxylic acids is 2. The smallest absolute Gasteiger partial charge is 0.319 e. The molecule has 1 aliphatic heterocycles. The molecule has 0 saturated carbocycles. The van der Waals surface area contributed by atoms with E-state index in [0.29, 0.717) is 27.9 Å². The number of hydrogen-bond donors (Lipinski definition) is 3. The van der Waals surface area contributed by atoms with Gasteiger partial charge >= 0.3 is 6.03 Å². The molecule has 2 aromatic rings. The van der Waals surface area contributed by atoms with E-state index < -0.39 is 6.04 Å². The predicted molar refractivity (Wildman–Crippen MR) is 108 cm³/mol. The average molecular weight is 384 g/mol. The topological polar surface area (TPSA) is 70.2 Å². The first-order valence-corrected chi connectivity index (χ1v) is 9.18. The Labute approximate surface area is 163 Å². The SMILES string of the molecule is CC1=C(C(=O)Nc2cccc(Cl)c2)[C@H](c2ccc(C(C)C)cc2)NC(=O)N1. The first-order chi connectivity index (χ1) is 12.8. The van der Waals surface area contributed by atoms with E-state index in [1.165, 1.54) is 5.56 Å². The van der Waals surface area contributed by atoms with E-state index in [0.717, 1.165) is 5.56 Å². The lowest BCUT2D eigenvalue weighted by atomic mass is 9.92.